The third kappa shape index (κ3) is 4.51. The van der Waals surface area contributed by atoms with E-state index in [1.54, 1.807) is 24.4 Å². The maximum absolute atomic E-state index is 12.5. The van der Waals surface area contributed by atoms with Crippen LogP contribution in [0.25, 0.3) is 0 Å². The lowest BCUT2D eigenvalue weighted by Crippen LogP contribution is -2.36. The minimum atomic E-state index is -2.49. The number of pyridine rings is 1. The number of carbonyl (C=O) groups is 1. The number of nitrogens with zero attached hydrogens (tertiary/aromatic N) is 2. The molecule has 1 saturated heterocycles. The van der Waals surface area contributed by atoms with Crippen molar-refractivity contribution in [2.75, 3.05) is 31.2 Å². The van der Waals surface area contributed by atoms with Gasteiger partial charge in [0.1, 0.15) is 5.82 Å². The van der Waals surface area contributed by atoms with Crippen LogP contribution < -0.4 is 10.2 Å². The summed E-state index contributed by atoms with van der Waals surface area (Å²) in [6.07, 6.45) is -0.945. The van der Waals surface area contributed by atoms with E-state index in [1.165, 1.54) is 12.1 Å². The molecule has 5 nitrogen and oxygen atoms in total. The Balaban J connectivity index is 1.55. The van der Waals surface area contributed by atoms with Crippen LogP contribution in [-0.2, 0) is 11.3 Å². The summed E-state index contributed by atoms with van der Waals surface area (Å²) in [5, 5.41) is 2.76. The van der Waals surface area contributed by atoms with Gasteiger partial charge < -0.3 is 15.0 Å². The fourth-order valence-corrected chi connectivity index (χ4v) is 2.57. The van der Waals surface area contributed by atoms with E-state index in [2.05, 4.69) is 15.2 Å². The Bertz CT molecular complexity index is 699. The summed E-state index contributed by atoms with van der Waals surface area (Å²) < 4.78 is 30.3. The number of nitrogens with one attached hydrogen (secondary N) is 1. The van der Waals surface area contributed by atoms with Gasteiger partial charge in [-0.05, 0) is 17.7 Å². The van der Waals surface area contributed by atoms with E-state index in [-0.39, 0.29) is 18.0 Å². The van der Waals surface area contributed by atoms with Crippen LogP contribution in [0.15, 0.2) is 42.6 Å². The Morgan fingerprint density at radius 3 is 2.48 bits per heavy atom. The number of hydrogen-bond acceptors (Lipinski definition) is 4. The predicted molar refractivity (Wildman–Crippen MR) is 89.8 cm³/mol. The molecule has 1 aromatic carbocycles. The smallest absolute Gasteiger partial charge is 0.263 e. The van der Waals surface area contributed by atoms with Gasteiger partial charge in [0.05, 0.1) is 18.8 Å². The van der Waals surface area contributed by atoms with Crippen molar-refractivity contribution in [2.24, 2.45) is 0 Å². The molecule has 0 saturated carbocycles. The first-order valence-corrected chi connectivity index (χ1v) is 8.07. The molecule has 2 heterocycles. The molecule has 0 spiro atoms. The molecule has 1 amide bonds. The largest absolute Gasteiger partial charge is 0.378 e. The van der Waals surface area contributed by atoms with Gasteiger partial charge in [-0.3, -0.25) is 4.79 Å². The second-order valence-corrected chi connectivity index (χ2v) is 5.73. The van der Waals surface area contributed by atoms with Gasteiger partial charge in [0.25, 0.3) is 12.3 Å². The van der Waals surface area contributed by atoms with Gasteiger partial charge in [-0.2, -0.15) is 0 Å². The molecule has 1 fully saturated rings. The lowest BCUT2D eigenvalue weighted by Gasteiger charge is -2.27. The van der Waals surface area contributed by atoms with Gasteiger partial charge in [0.15, 0.2) is 0 Å². The highest BCUT2D eigenvalue weighted by atomic mass is 19.3. The fourth-order valence-electron chi connectivity index (χ4n) is 2.57. The number of aromatic nitrogens is 1. The van der Waals surface area contributed by atoms with Crippen molar-refractivity contribution in [3.05, 3.63) is 59.3 Å². The Hall–Kier alpha value is -2.54. The SMILES string of the molecule is O=C(NCc1ccc(C(F)F)cc1)c1ccc(N2CCOCC2)nc1. The van der Waals surface area contributed by atoms with Crippen molar-refractivity contribution in [1.29, 1.82) is 0 Å². The standard InChI is InChI=1S/C18H19F2N3O2/c19-17(20)14-3-1-13(2-4-14)11-22-18(24)15-5-6-16(21-12-15)23-7-9-25-10-8-23/h1-6,12,17H,7-11H2,(H,22,24). The molecule has 25 heavy (non-hydrogen) atoms. The topological polar surface area (TPSA) is 54.5 Å². The second-order valence-electron chi connectivity index (χ2n) is 5.73. The highest BCUT2D eigenvalue weighted by Crippen LogP contribution is 2.18. The molecule has 1 aromatic heterocycles. The van der Waals surface area contributed by atoms with Gasteiger partial charge in [0, 0.05) is 31.4 Å². The normalized spacial score (nSPS) is 14.6. The highest BCUT2D eigenvalue weighted by Gasteiger charge is 2.13. The number of morpholine rings is 1. The Morgan fingerprint density at radius 1 is 1.16 bits per heavy atom. The van der Waals surface area contributed by atoms with E-state index >= 15 is 0 Å². The number of anilines is 1. The number of alkyl halides is 2. The maximum atomic E-state index is 12.5. The number of carbonyl (C=O) groups excluding carboxylic acids is 1. The van der Waals surface area contributed by atoms with Crippen LogP contribution in [0.1, 0.15) is 27.9 Å². The molecule has 1 aliphatic heterocycles. The van der Waals surface area contributed by atoms with E-state index in [9.17, 15) is 13.6 Å². The summed E-state index contributed by atoms with van der Waals surface area (Å²) in [4.78, 5) is 18.6. The predicted octanol–water partition coefficient (Wildman–Crippen LogP) is 2.79. The Kier molecular flexibility index (Phi) is 5.55. The van der Waals surface area contributed by atoms with Crippen LogP contribution >= 0.6 is 0 Å². The van der Waals surface area contributed by atoms with Crippen molar-refractivity contribution >= 4 is 11.7 Å². The quantitative estimate of drug-likeness (QED) is 0.904. The molecule has 0 atom stereocenters. The first-order valence-electron chi connectivity index (χ1n) is 8.07. The van der Waals surface area contributed by atoms with Crippen LogP contribution in [0.5, 0.6) is 0 Å². The average Bonchev–Trinajstić information content (AvgIpc) is 2.67. The van der Waals surface area contributed by atoms with E-state index in [1.807, 2.05) is 6.07 Å². The number of amides is 1. The van der Waals surface area contributed by atoms with E-state index < -0.39 is 6.43 Å². The summed E-state index contributed by atoms with van der Waals surface area (Å²) in [5.41, 5.74) is 1.19. The van der Waals surface area contributed by atoms with Crippen molar-refractivity contribution in [2.45, 2.75) is 13.0 Å². The molecule has 0 radical (unpaired) electrons. The number of hydrogen-bond donors (Lipinski definition) is 1. The van der Waals surface area contributed by atoms with E-state index in [0.29, 0.717) is 18.8 Å². The van der Waals surface area contributed by atoms with Crippen LogP contribution in [0.3, 0.4) is 0 Å². The van der Waals surface area contributed by atoms with Gasteiger partial charge in [-0.25, -0.2) is 13.8 Å². The molecule has 132 valence electrons. The molecule has 1 N–H and O–H groups in total. The third-order valence-electron chi connectivity index (χ3n) is 4.03. The number of rotatable bonds is 5. The van der Waals surface area contributed by atoms with Crippen LogP contribution in [0, 0.1) is 0 Å². The zero-order chi connectivity index (χ0) is 17.6. The Labute approximate surface area is 144 Å². The zero-order valence-corrected chi connectivity index (χ0v) is 13.6. The van der Waals surface area contributed by atoms with Gasteiger partial charge in [0.2, 0.25) is 0 Å². The summed E-state index contributed by atoms with van der Waals surface area (Å²) in [5.74, 6) is 0.571. The molecular weight excluding hydrogens is 328 g/mol. The van der Waals surface area contributed by atoms with E-state index in [4.69, 9.17) is 4.74 Å². The summed E-state index contributed by atoms with van der Waals surface area (Å²) in [6.45, 7) is 3.19. The molecule has 0 aliphatic carbocycles. The Morgan fingerprint density at radius 2 is 1.88 bits per heavy atom. The highest BCUT2D eigenvalue weighted by molar-refractivity contribution is 5.94. The summed E-state index contributed by atoms with van der Waals surface area (Å²) in [7, 11) is 0. The van der Waals surface area contributed by atoms with Crippen molar-refractivity contribution in [3.8, 4) is 0 Å². The summed E-state index contributed by atoms with van der Waals surface area (Å²) in [6, 6.07) is 9.45. The number of benzene rings is 1. The molecule has 7 heteroatoms. The number of ether oxygens (including phenoxy) is 1. The second kappa shape index (κ2) is 8.02. The van der Waals surface area contributed by atoms with E-state index in [0.717, 1.165) is 24.5 Å². The third-order valence-corrected chi connectivity index (χ3v) is 4.03. The molecule has 3 rings (SSSR count). The monoisotopic (exact) mass is 347 g/mol. The lowest BCUT2D eigenvalue weighted by molar-refractivity contribution is 0.0950. The molecule has 1 aliphatic rings. The molecular formula is C18H19F2N3O2. The summed E-state index contributed by atoms with van der Waals surface area (Å²) >= 11 is 0. The van der Waals surface area contributed by atoms with Crippen LogP contribution in [-0.4, -0.2) is 37.2 Å². The average molecular weight is 347 g/mol. The van der Waals surface area contributed by atoms with Gasteiger partial charge in [-0.1, -0.05) is 24.3 Å². The maximum Gasteiger partial charge on any atom is 0.263 e. The first kappa shape index (κ1) is 17.3. The fraction of sp³-hybridized carbons (Fsp3) is 0.333. The van der Waals surface area contributed by atoms with Crippen LogP contribution in [0.2, 0.25) is 0 Å². The zero-order valence-electron chi connectivity index (χ0n) is 13.6. The van der Waals surface area contributed by atoms with Crippen molar-refractivity contribution < 1.29 is 18.3 Å². The van der Waals surface area contributed by atoms with Crippen LogP contribution in [0.4, 0.5) is 14.6 Å². The van der Waals surface area contributed by atoms with Crippen molar-refractivity contribution in [1.82, 2.24) is 10.3 Å². The first-order chi connectivity index (χ1) is 12.1. The lowest BCUT2D eigenvalue weighted by atomic mass is 10.1. The molecule has 0 bridgehead atoms. The van der Waals surface area contributed by atoms with Gasteiger partial charge >= 0.3 is 0 Å². The number of halogens is 2. The molecule has 0 unspecified atom stereocenters. The minimum Gasteiger partial charge on any atom is -0.378 e. The molecule has 2 aromatic rings. The minimum absolute atomic E-state index is 0.0296. The van der Waals surface area contributed by atoms with Gasteiger partial charge in [-0.15, -0.1) is 0 Å². The van der Waals surface area contributed by atoms with Crippen molar-refractivity contribution in [3.63, 3.8) is 0 Å².